The molecule has 1 saturated heterocycles. The van der Waals surface area contributed by atoms with E-state index in [0.29, 0.717) is 0 Å². The molecule has 0 saturated carbocycles. The van der Waals surface area contributed by atoms with E-state index in [1.165, 1.54) is 4.88 Å². The van der Waals surface area contributed by atoms with Gasteiger partial charge in [-0.05, 0) is 23.6 Å². The number of carbonyl (C=O) groups is 1. The molecule has 0 aromatic carbocycles. The summed E-state index contributed by atoms with van der Waals surface area (Å²) in [7, 11) is 0. The van der Waals surface area contributed by atoms with E-state index in [0.717, 1.165) is 38.4 Å². The molecule has 0 spiro atoms. The van der Waals surface area contributed by atoms with Crippen molar-refractivity contribution in [1.82, 2.24) is 14.8 Å². The van der Waals surface area contributed by atoms with Gasteiger partial charge in [0.25, 0.3) is 5.91 Å². The van der Waals surface area contributed by atoms with E-state index >= 15 is 0 Å². The van der Waals surface area contributed by atoms with Crippen LogP contribution < -0.4 is 5.32 Å². The number of nitrogens with zero attached hydrogens (tertiary/aromatic N) is 2. The minimum atomic E-state index is 0. The van der Waals surface area contributed by atoms with Crippen molar-refractivity contribution in [3.63, 3.8) is 0 Å². The second-order valence-electron chi connectivity index (χ2n) is 4.64. The quantitative estimate of drug-likeness (QED) is 0.942. The zero-order valence-electron chi connectivity index (χ0n) is 11.1. The van der Waals surface area contributed by atoms with Gasteiger partial charge < -0.3 is 14.8 Å². The monoisotopic (exact) mass is 311 g/mol. The highest BCUT2D eigenvalue weighted by atomic mass is 35.5. The molecule has 1 aliphatic rings. The highest BCUT2D eigenvalue weighted by Crippen LogP contribution is 2.14. The molecule has 2 aromatic heterocycles. The first-order valence-electron chi connectivity index (χ1n) is 6.52. The molecule has 0 bridgehead atoms. The van der Waals surface area contributed by atoms with Crippen molar-refractivity contribution in [2.45, 2.75) is 6.54 Å². The lowest BCUT2D eigenvalue weighted by atomic mass is 10.3. The molecule has 0 atom stereocenters. The first kappa shape index (κ1) is 15.1. The molecule has 6 heteroatoms. The lowest BCUT2D eigenvalue weighted by molar-refractivity contribution is 0.0725. The molecule has 3 heterocycles. The highest BCUT2D eigenvalue weighted by molar-refractivity contribution is 7.09. The first-order valence-corrected chi connectivity index (χ1v) is 7.40. The van der Waals surface area contributed by atoms with Gasteiger partial charge in [-0.3, -0.25) is 4.79 Å². The molecule has 0 radical (unpaired) electrons. The summed E-state index contributed by atoms with van der Waals surface area (Å²) < 4.78 is 2.04. The fourth-order valence-electron chi connectivity index (χ4n) is 2.35. The Morgan fingerprint density at radius 3 is 2.75 bits per heavy atom. The van der Waals surface area contributed by atoms with Crippen molar-refractivity contribution in [2.75, 3.05) is 26.2 Å². The van der Waals surface area contributed by atoms with Gasteiger partial charge in [0.1, 0.15) is 5.69 Å². The lowest BCUT2D eigenvalue weighted by Crippen LogP contribution is -2.46. The Kier molecular flexibility index (Phi) is 5.23. The maximum absolute atomic E-state index is 12.5. The third-order valence-electron chi connectivity index (χ3n) is 3.36. The van der Waals surface area contributed by atoms with Crippen LogP contribution in [0.2, 0.25) is 0 Å². The fraction of sp³-hybridized carbons (Fsp3) is 0.357. The zero-order valence-corrected chi connectivity index (χ0v) is 12.8. The predicted octanol–water partition coefficient (Wildman–Crippen LogP) is 2.07. The summed E-state index contributed by atoms with van der Waals surface area (Å²) in [6.07, 6.45) is 1.98. The van der Waals surface area contributed by atoms with Crippen molar-refractivity contribution >= 4 is 29.7 Å². The highest BCUT2D eigenvalue weighted by Gasteiger charge is 2.20. The number of rotatable bonds is 3. The average Bonchev–Trinajstić information content (AvgIpc) is 3.11. The summed E-state index contributed by atoms with van der Waals surface area (Å²) in [5.41, 5.74) is 0.787. The molecular weight excluding hydrogens is 294 g/mol. The Bertz CT molecular complexity index is 547. The van der Waals surface area contributed by atoms with E-state index < -0.39 is 0 Å². The largest absolute Gasteiger partial charge is 0.338 e. The molecule has 1 N–H and O–H groups in total. The number of aromatic nitrogens is 1. The van der Waals surface area contributed by atoms with Crippen LogP contribution in [-0.2, 0) is 6.54 Å². The number of piperazine rings is 1. The Morgan fingerprint density at radius 1 is 1.25 bits per heavy atom. The topological polar surface area (TPSA) is 37.3 Å². The van der Waals surface area contributed by atoms with Crippen molar-refractivity contribution < 1.29 is 4.79 Å². The molecule has 3 rings (SSSR count). The van der Waals surface area contributed by atoms with Crippen LogP contribution in [0, 0.1) is 0 Å². The van der Waals surface area contributed by atoms with Gasteiger partial charge in [0.2, 0.25) is 0 Å². The number of thiophene rings is 1. The molecule has 0 unspecified atom stereocenters. The van der Waals surface area contributed by atoms with Gasteiger partial charge in [-0.15, -0.1) is 23.7 Å². The van der Waals surface area contributed by atoms with Gasteiger partial charge in [0.15, 0.2) is 0 Å². The van der Waals surface area contributed by atoms with E-state index in [-0.39, 0.29) is 18.3 Å². The van der Waals surface area contributed by atoms with E-state index in [1.54, 1.807) is 11.3 Å². The zero-order chi connectivity index (χ0) is 13.1. The molecule has 108 valence electrons. The van der Waals surface area contributed by atoms with Gasteiger partial charge in [-0.2, -0.15) is 0 Å². The second kappa shape index (κ2) is 6.92. The summed E-state index contributed by atoms with van der Waals surface area (Å²) in [6, 6.07) is 8.01. The van der Waals surface area contributed by atoms with Gasteiger partial charge in [0.05, 0.1) is 6.54 Å². The summed E-state index contributed by atoms with van der Waals surface area (Å²) in [4.78, 5) is 15.7. The van der Waals surface area contributed by atoms with E-state index in [9.17, 15) is 4.79 Å². The maximum Gasteiger partial charge on any atom is 0.270 e. The fourth-order valence-corrected chi connectivity index (χ4v) is 3.05. The van der Waals surface area contributed by atoms with Crippen LogP contribution in [0.3, 0.4) is 0 Å². The molecule has 20 heavy (non-hydrogen) atoms. The molecule has 1 aliphatic heterocycles. The SMILES string of the molecule is Cl.O=C(c1cccn1Cc1cccs1)N1CCNCC1. The Hall–Kier alpha value is -1.30. The Balaban J connectivity index is 0.00000147. The number of nitrogens with one attached hydrogen (secondary N) is 1. The minimum Gasteiger partial charge on any atom is -0.338 e. The van der Waals surface area contributed by atoms with Crippen molar-refractivity contribution in [1.29, 1.82) is 0 Å². The number of hydrogen-bond donors (Lipinski definition) is 1. The number of hydrogen-bond acceptors (Lipinski definition) is 3. The van der Waals surface area contributed by atoms with Crippen molar-refractivity contribution in [2.24, 2.45) is 0 Å². The van der Waals surface area contributed by atoms with Crippen LogP contribution >= 0.6 is 23.7 Å². The Labute approximate surface area is 128 Å². The third-order valence-corrected chi connectivity index (χ3v) is 4.22. The lowest BCUT2D eigenvalue weighted by Gasteiger charge is -2.27. The van der Waals surface area contributed by atoms with E-state index in [1.807, 2.05) is 33.9 Å². The van der Waals surface area contributed by atoms with Crippen LogP contribution in [0.5, 0.6) is 0 Å². The number of amides is 1. The van der Waals surface area contributed by atoms with Crippen LogP contribution in [0.4, 0.5) is 0 Å². The number of halogens is 1. The number of carbonyl (C=O) groups excluding carboxylic acids is 1. The molecule has 1 fully saturated rings. The summed E-state index contributed by atoms with van der Waals surface area (Å²) in [5.74, 6) is 0.142. The smallest absolute Gasteiger partial charge is 0.270 e. The van der Waals surface area contributed by atoms with E-state index in [2.05, 4.69) is 16.8 Å². The summed E-state index contributed by atoms with van der Waals surface area (Å²) >= 11 is 1.72. The summed E-state index contributed by atoms with van der Waals surface area (Å²) in [6.45, 7) is 4.14. The van der Waals surface area contributed by atoms with Crippen LogP contribution in [0.1, 0.15) is 15.4 Å². The van der Waals surface area contributed by atoms with Crippen molar-refractivity contribution in [3.8, 4) is 0 Å². The third kappa shape index (κ3) is 3.23. The molecule has 1 amide bonds. The molecule has 4 nitrogen and oxygen atoms in total. The van der Waals surface area contributed by atoms with Crippen molar-refractivity contribution in [3.05, 3.63) is 46.4 Å². The summed E-state index contributed by atoms with van der Waals surface area (Å²) in [5, 5.41) is 5.33. The Morgan fingerprint density at radius 2 is 2.05 bits per heavy atom. The maximum atomic E-state index is 12.5. The van der Waals surface area contributed by atoms with Gasteiger partial charge in [0, 0.05) is 37.3 Å². The second-order valence-corrected chi connectivity index (χ2v) is 5.68. The van der Waals surface area contributed by atoms with E-state index in [4.69, 9.17) is 0 Å². The average molecular weight is 312 g/mol. The van der Waals surface area contributed by atoms with Gasteiger partial charge in [-0.1, -0.05) is 6.07 Å². The first-order chi connectivity index (χ1) is 9.34. The van der Waals surface area contributed by atoms with Gasteiger partial charge >= 0.3 is 0 Å². The normalized spacial score (nSPS) is 14.9. The predicted molar refractivity (Wildman–Crippen MR) is 83.9 cm³/mol. The van der Waals surface area contributed by atoms with Gasteiger partial charge in [-0.25, -0.2) is 0 Å². The van der Waals surface area contributed by atoms with Crippen LogP contribution in [0.25, 0.3) is 0 Å². The minimum absolute atomic E-state index is 0. The van der Waals surface area contributed by atoms with Crippen LogP contribution in [-0.4, -0.2) is 41.6 Å². The van der Waals surface area contributed by atoms with Crippen LogP contribution in [0.15, 0.2) is 35.8 Å². The standard InChI is InChI=1S/C14H17N3OS.ClH/c18-14(16-8-5-15-6-9-16)13-4-1-7-17(13)11-12-3-2-10-19-12;/h1-4,7,10,15H,5-6,8-9,11H2;1H. The molecular formula is C14H18ClN3OS. The molecule has 0 aliphatic carbocycles. The molecule has 2 aromatic rings.